The lowest BCUT2D eigenvalue weighted by atomic mass is 9.85. The minimum absolute atomic E-state index is 0.600. The monoisotopic (exact) mass is 636 g/mol. The molecule has 1 rings (SSSR count). The summed E-state index contributed by atoms with van der Waals surface area (Å²) in [6, 6.07) is 4.68. The van der Waals surface area contributed by atoms with E-state index in [1.807, 2.05) is 0 Å². The van der Waals surface area contributed by atoms with Gasteiger partial charge in [-0.05, 0) is 11.1 Å². The molecule has 0 aromatic heterocycles. The number of allylic oxidation sites excluding steroid dienone is 1. The van der Waals surface area contributed by atoms with Crippen LogP contribution < -0.4 is 0 Å². The summed E-state index contributed by atoms with van der Waals surface area (Å²) in [5.74, 6) is -77.0. The van der Waals surface area contributed by atoms with Crippen LogP contribution in [0.1, 0.15) is 12.0 Å². The standard InChI is InChI=1S/C19H9F21/c1-8(9-5-3-2-4-6-9)7-10(20,21)11(22,23)12(24,25)13(26,27)14(28,29)15(30,31)16(32,33)17(34,35)18(36,37)19(38,39)40/h2-6H,1,7H2. The summed E-state index contributed by atoms with van der Waals surface area (Å²) in [6.45, 7) is 2.70. The van der Waals surface area contributed by atoms with E-state index in [9.17, 15) is 92.2 Å². The first-order chi connectivity index (χ1) is 17.2. The van der Waals surface area contributed by atoms with Gasteiger partial charge in [-0.3, -0.25) is 0 Å². The molecule has 0 nitrogen and oxygen atoms in total. The van der Waals surface area contributed by atoms with Crippen molar-refractivity contribution in [1.82, 2.24) is 0 Å². The van der Waals surface area contributed by atoms with Crippen LogP contribution in [-0.4, -0.2) is 59.5 Å². The molecule has 0 spiro atoms. The van der Waals surface area contributed by atoms with Gasteiger partial charge < -0.3 is 0 Å². The van der Waals surface area contributed by atoms with E-state index in [0.29, 0.717) is 0 Å². The number of hydrogen-bond donors (Lipinski definition) is 0. The molecule has 21 heteroatoms. The molecular formula is C19H9F21. The Morgan fingerprint density at radius 2 is 0.700 bits per heavy atom. The largest absolute Gasteiger partial charge is 0.460 e. The fraction of sp³-hybridized carbons (Fsp3) is 0.579. The van der Waals surface area contributed by atoms with Gasteiger partial charge in [0.2, 0.25) is 0 Å². The number of benzene rings is 1. The van der Waals surface area contributed by atoms with Crippen molar-refractivity contribution in [2.75, 3.05) is 0 Å². The van der Waals surface area contributed by atoms with Crippen LogP contribution in [0.15, 0.2) is 36.9 Å². The Bertz CT molecular complexity index is 1060. The van der Waals surface area contributed by atoms with Gasteiger partial charge in [-0.2, -0.15) is 92.2 Å². The van der Waals surface area contributed by atoms with Gasteiger partial charge in [0.25, 0.3) is 0 Å². The molecule has 0 radical (unpaired) electrons. The van der Waals surface area contributed by atoms with Crippen LogP contribution in [0, 0.1) is 0 Å². The topological polar surface area (TPSA) is 0 Å². The highest BCUT2D eigenvalue weighted by atomic mass is 19.4. The molecule has 0 aliphatic heterocycles. The van der Waals surface area contributed by atoms with E-state index >= 15 is 0 Å². The van der Waals surface area contributed by atoms with Gasteiger partial charge in [0, 0.05) is 6.42 Å². The molecule has 232 valence electrons. The highest BCUT2D eigenvalue weighted by molar-refractivity contribution is 5.64. The van der Waals surface area contributed by atoms with Crippen molar-refractivity contribution in [1.29, 1.82) is 0 Å². The summed E-state index contributed by atoms with van der Waals surface area (Å²) in [7, 11) is 0. The molecule has 0 amide bonds. The van der Waals surface area contributed by atoms with E-state index in [4.69, 9.17) is 0 Å². The molecule has 0 aliphatic carbocycles. The molecule has 1 aromatic carbocycles. The summed E-state index contributed by atoms with van der Waals surface area (Å²) in [5, 5.41) is 0. The van der Waals surface area contributed by atoms with Crippen molar-refractivity contribution in [3.05, 3.63) is 42.5 Å². The molecule has 0 fully saturated rings. The van der Waals surface area contributed by atoms with Gasteiger partial charge >= 0.3 is 59.5 Å². The second-order valence-electron chi connectivity index (χ2n) is 7.94. The Labute approximate surface area is 207 Å². The average molecular weight is 636 g/mol. The smallest absolute Gasteiger partial charge is 0.199 e. The second-order valence-corrected chi connectivity index (χ2v) is 7.94. The molecular weight excluding hydrogens is 627 g/mol. The minimum atomic E-state index is -9.18. The maximum atomic E-state index is 14.0. The molecule has 0 atom stereocenters. The van der Waals surface area contributed by atoms with Crippen molar-refractivity contribution in [2.24, 2.45) is 0 Å². The second kappa shape index (κ2) is 9.52. The zero-order valence-electron chi connectivity index (χ0n) is 18.2. The fourth-order valence-corrected chi connectivity index (χ4v) is 2.75. The van der Waals surface area contributed by atoms with Crippen LogP contribution in [0.5, 0.6) is 0 Å². The van der Waals surface area contributed by atoms with Gasteiger partial charge in [-0.1, -0.05) is 36.9 Å². The Balaban J connectivity index is 3.69. The van der Waals surface area contributed by atoms with Gasteiger partial charge in [0.05, 0.1) is 0 Å². The van der Waals surface area contributed by atoms with Crippen LogP contribution in [0.4, 0.5) is 92.2 Å². The Morgan fingerprint density at radius 3 is 1.00 bits per heavy atom. The summed E-state index contributed by atoms with van der Waals surface area (Å²) < 4.78 is 281. The van der Waals surface area contributed by atoms with Gasteiger partial charge in [-0.15, -0.1) is 0 Å². The number of alkyl halides is 21. The zero-order chi connectivity index (χ0) is 32.4. The molecule has 0 N–H and O–H groups in total. The van der Waals surface area contributed by atoms with Gasteiger partial charge in [0.15, 0.2) is 0 Å². The van der Waals surface area contributed by atoms with Crippen LogP contribution in [0.25, 0.3) is 5.57 Å². The highest BCUT2D eigenvalue weighted by Gasteiger charge is 2.97. The first-order valence-electron chi connectivity index (χ1n) is 9.44. The van der Waals surface area contributed by atoms with Crippen LogP contribution >= 0.6 is 0 Å². The molecule has 1 aromatic rings. The predicted molar refractivity (Wildman–Crippen MR) is 90.7 cm³/mol. The van der Waals surface area contributed by atoms with Crippen molar-refractivity contribution in [3.8, 4) is 0 Å². The van der Waals surface area contributed by atoms with E-state index in [1.54, 1.807) is 0 Å². The molecule has 0 saturated carbocycles. The lowest BCUT2D eigenvalue weighted by Crippen LogP contribution is -2.76. The maximum absolute atomic E-state index is 14.0. The summed E-state index contributed by atoms with van der Waals surface area (Å²) in [6.07, 6.45) is -10.8. The van der Waals surface area contributed by atoms with Gasteiger partial charge in [-0.25, -0.2) is 0 Å². The predicted octanol–water partition coefficient (Wildman–Crippen LogP) is 9.37. The summed E-state index contributed by atoms with van der Waals surface area (Å²) >= 11 is 0. The molecule has 0 heterocycles. The van der Waals surface area contributed by atoms with E-state index in [-0.39, 0.29) is 0 Å². The average Bonchev–Trinajstić information content (AvgIpc) is 2.77. The Kier molecular flexibility index (Phi) is 8.45. The van der Waals surface area contributed by atoms with Crippen molar-refractivity contribution in [2.45, 2.75) is 65.9 Å². The molecule has 0 aliphatic rings. The lowest BCUT2D eigenvalue weighted by molar-refractivity contribution is -0.474. The van der Waals surface area contributed by atoms with E-state index in [1.165, 1.54) is 0 Å². The maximum Gasteiger partial charge on any atom is 0.460 e. The number of hydrogen-bond acceptors (Lipinski definition) is 0. The van der Waals surface area contributed by atoms with E-state index < -0.39 is 77.0 Å². The Hall–Kier alpha value is -2.51. The quantitative estimate of drug-likeness (QED) is 0.213. The van der Waals surface area contributed by atoms with Crippen molar-refractivity contribution >= 4 is 5.57 Å². The van der Waals surface area contributed by atoms with Crippen LogP contribution in [-0.2, 0) is 0 Å². The van der Waals surface area contributed by atoms with Gasteiger partial charge in [0.1, 0.15) is 0 Å². The molecule has 0 saturated heterocycles. The normalized spacial score (nSPS) is 15.8. The fourth-order valence-electron chi connectivity index (χ4n) is 2.75. The van der Waals surface area contributed by atoms with E-state index in [2.05, 4.69) is 6.58 Å². The van der Waals surface area contributed by atoms with Crippen LogP contribution in [0.3, 0.4) is 0 Å². The van der Waals surface area contributed by atoms with E-state index in [0.717, 1.165) is 30.3 Å². The number of halogens is 21. The summed E-state index contributed by atoms with van der Waals surface area (Å²) in [4.78, 5) is 0. The first kappa shape index (κ1) is 35.5. The highest BCUT2D eigenvalue weighted by Crippen LogP contribution is 2.66. The van der Waals surface area contributed by atoms with Crippen molar-refractivity contribution in [3.63, 3.8) is 0 Å². The zero-order valence-corrected chi connectivity index (χ0v) is 18.2. The third kappa shape index (κ3) is 4.63. The molecule has 0 unspecified atom stereocenters. The number of rotatable bonds is 11. The lowest BCUT2D eigenvalue weighted by Gasteiger charge is -2.44. The molecule has 0 bridgehead atoms. The summed E-state index contributed by atoms with van der Waals surface area (Å²) in [5.41, 5.74) is -1.92. The molecule has 40 heavy (non-hydrogen) atoms. The first-order valence-corrected chi connectivity index (χ1v) is 9.44. The minimum Gasteiger partial charge on any atom is -0.199 e. The third-order valence-electron chi connectivity index (χ3n) is 5.19. The van der Waals surface area contributed by atoms with Crippen LogP contribution in [0.2, 0.25) is 0 Å². The van der Waals surface area contributed by atoms with Crippen molar-refractivity contribution < 1.29 is 92.2 Å². The third-order valence-corrected chi connectivity index (χ3v) is 5.19. The SMILES string of the molecule is C=C(CC(F)(F)C(F)(F)C(F)(F)C(F)(F)C(F)(F)C(F)(F)C(F)(F)C(F)(F)C(F)(F)C(F)(F)F)c1ccccc1. The Morgan fingerprint density at radius 1 is 0.425 bits per heavy atom.